The number of aromatic amines is 1. The van der Waals surface area contributed by atoms with Gasteiger partial charge in [0.15, 0.2) is 5.76 Å². The first-order valence-corrected chi connectivity index (χ1v) is 7.19. The van der Waals surface area contributed by atoms with Crippen molar-refractivity contribution in [3.05, 3.63) is 52.6 Å². The fourth-order valence-electron chi connectivity index (χ4n) is 1.79. The lowest BCUT2D eigenvalue weighted by atomic mass is 10.4. The lowest BCUT2D eigenvalue weighted by molar-refractivity contribution is 0.575. The first-order valence-electron chi connectivity index (χ1n) is 6.31. The molecule has 0 fully saturated rings. The molecule has 20 heavy (non-hydrogen) atoms. The molecule has 0 radical (unpaired) electrons. The second-order valence-electron chi connectivity index (χ2n) is 4.04. The molecule has 0 spiro atoms. The van der Waals surface area contributed by atoms with E-state index in [-0.39, 0.29) is 0 Å². The van der Waals surface area contributed by atoms with E-state index < -0.39 is 0 Å². The zero-order valence-corrected chi connectivity index (χ0v) is 11.8. The highest BCUT2D eigenvalue weighted by molar-refractivity contribution is 7.07. The van der Waals surface area contributed by atoms with Gasteiger partial charge in [0.1, 0.15) is 5.69 Å². The minimum Gasteiger partial charge on any atom is -0.463 e. The molecule has 0 amide bonds. The third kappa shape index (κ3) is 2.50. The van der Waals surface area contributed by atoms with Gasteiger partial charge in [0, 0.05) is 18.1 Å². The smallest absolute Gasteiger partial charge is 0.206 e. The van der Waals surface area contributed by atoms with Crippen molar-refractivity contribution in [1.29, 1.82) is 0 Å². The van der Waals surface area contributed by atoms with Gasteiger partial charge in [0.2, 0.25) is 4.80 Å². The van der Waals surface area contributed by atoms with Crippen molar-refractivity contribution in [3.8, 4) is 11.5 Å². The zero-order valence-electron chi connectivity index (χ0n) is 11.0. The third-order valence-corrected chi connectivity index (χ3v) is 3.54. The van der Waals surface area contributed by atoms with Crippen LogP contribution in [-0.4, -0.2) is 22.4 Å². The van der Waals surface area contributed by atoms with E-state index in [1.54, 1.807) is 28.5 Å². The van der Waals surface area contributed by atoms with E-state index in [1.165, 1.54) is 0 Å². The first-order chi connectivity index (χ1) is 9.88. The van der Waals surface area contributed by atoms with E-state index in [0.29, 0.717) is 0 Å². The first kappa shape index (κ1) is 12.7. The van der Waals surface area contributed by atoms with Crippen LogP contribution in [0.3, 0.4) is 0 Å². The van der Waals surface area contributed by atoms with Crippen LogP contribution < -0.4 is 4.80 Å². The molecule has 3 aromatic rings. The topological polar surface area (TPSA) is 58.6 Å². The molecule has 6 heteroatoms. The number of furan rings is 1. The summed E-state index contributed by atoms with van der Waals surface area (Å²) in [4.78, 5) is 8.39. The molecule has 0 saturated heterocycles. The van der Waals surface area contributed by atoms with Crippen molar-refractivity contribution in [2.75, 3.05) is 6.54 Å². The maximum Gasteiger partial charge on any atom is 0.206 e. The molecule has 0 aliphatic heterocycles. The van der Waals surface area contributed by atoms with Gasteiger partial charge in [0.05, 0.1) is 18.2 Å². The van der Waals surface area contributed by atoms with Gasteiger partial charge in [-0.15, -0.1) is 11.3 Å². The summed E-state index contributed by atoms with van der Waals surface area (Å²) in [6, 6.07) is 7.67. The third-order valence-electron chi connectivity index (χ3n) is 2.69. The number of thiazole rings is 1. The van der Waals surface area contributed by atoms with Crippen LogP contribution in [0.2, 0.25) is 0 Å². The van der Waals surface area contributed by atoms with Crippen LogP contribution in [0.4, 0.5) is 0 Å². The van der Waals surface area contributed by atoms with Crippen molar-refractivity contribution in [2.45, 2.75) is 6.92 Å². The van der Waals surface area contributed by atoms with Gasteiger partial charge >= 0.3 is 0 Å². The number of H-pyrrole nitrogens is 1. The summed E-state index contributed by atoms with van der Waals surface area (Å²) in [5.41, 5.74) is 1.84. The number of nitrogens with zero attached hydrogens (tertiary/aromatic N) is 3. The second kappa shape index (κ2) is 5.75. The van der Waals surface area contributed by atoms with Crippen molar-refractivity contribution >= 4 is 17.6 Å². The number of aromatic nitrogens is 2. The lowest BCUT2D eigenvalue weighted by Crippen LogP contribution is -2.12. The van der Waals surface area contributed by atoms with Crippen molar-refractivity contribution < 1.29 is 4.42 Å². The van der Waals surface area contributed by atoms with E-state index in [2.05, 4.69) is 15.1 Å². The Kier molecular flexibility index (Phi) is 3.64. The minimum atomic E-state index is 0.718. The molecule has 0 aromatic carbocycles. The molecule has 3 heterocycles. The Morgan fingerprint density at radius 1 is 1.40 bits per heavy atom. The molecule has 0 aliphatic rings. The fourth-order valence-corrected chi connectivity index (χ4v) is 2.68. The maximum atomic E-state index is 5.45. The standard InChI is InChI=1S/C14H14N4OS/c1-2-15-14-18(17-9-11-5-3-7-16-11)12(10-20-14)13-6-4-8-19-13/h3-10,16H,2H2,1H3/b15-14?,17-9+. The summed E-state index contributed by atoms with van der Waals surface area (Å²) in [6.45, 7) is 2.72. The summed E-state index contributed by atoms with van der Waals surface area (Å²) < 4.78 is 7.25. The molecule has 0 bridgehead atoms. The van der Waals surface area contributed by atoms with Gasteiger partial charge in [-0.2, -0.15) is 5.10 Å². The van der Waals surface area contributed by atoms with E-state index >= 15 is 0 Å². The molecular formula is C14H14N4OS. The molecule has 0 saturated carbocycles. The van der Waals surface area contributed by atoms with Gasteiger partial charge in [-0.05, 0) is 31.2 Å². The fraction of sp³-hybridized carbons (Fsp3) is 0.143. The van der Waals surface area contributed by atoms with E-state index in [9.17, 15) is 0 Å². The Balaban J connectivity index is 2.07. The van der Waals surface area contributed by atoms with Crippen LogP contribution >= 0.6 is 11.3 Å². The molecule has 3 rings (SSSR count). The van der Waals surface area contributed by atoms with Crippen LogP contribution in [-0.2, 0) is 0 Å². The molecule has 1 N–H and O–H groups in total. The van der Waals surface area contributed by atoms with Gasteiger partial charge in [-0.3, -0.25) is 4.99 Å². The molecule has 102 valence electrons. The van der Waals surface area contributed by atoms with Crippen molar-refractivity contribution in [3.63, 3.8) is 0 Å². The van der Waals surface area contributed by atoms with Gasteiger partial charge in [-0.1, -0.05) is 0 Å². The number of nitrogens with one attached hydrogen (secondary N) is 1. The van der Waals surface area contributed by atoms with E-state index in [1.807, 2.05) is 42.8 Å². The number of hydrogen-bond donors (Lipinski definition) is 1. The van der Waals surface area contributed by atoms with Crippen LogP contribution in [0.5, 0.6) is 0 Å². The largest absolute Gasteiger partial charge is 0.463 e. The Hall–Kier alpha value is -2.34. The normalized spacial score (nSPS) is 12.6. The Bertz CT molecular complexity index is 748. The van der Waals surface area contributed by atoms with Gasteiger partial charge in [0.25, 0.3) is 0 Å². The summed E-state index contributed by atoms with van der Waals surface area (Å²) >= 11 is 1.55. The average Bonchev–Trinajstić information content (AvgIpc) is 3.19. The molecule has 3 aromatic heterocycles. The summed E-state index contributed by atoms with van der Waals surface area (Å²) in [6.07, 6.45) is 5.29. The molecular weight excluding hydrogens is 272 g/mol. The van der Waals surface area contributed by atoms with E-state index in [0.717, 1.165) is 28.5 Å². The van der Waals surface area contributed by atoms with Crippen LogP contribution in [0, 0.1) is 0 Å². The Morgan fingerprint density at radius 2 is 2.35 bits per heavy atom. The van der Waals surface area contributed by atoms with Crippen LogP contribution in [0.15, 0.2) is 56.6 Å². The summed E-state index contributed by atoms with van der Waals surface area (Å²) in [5.74, 6) is 0.780. The average molecular weight is 286 g/mol. The molecule has 0 unspecified atom stereocenters. The quantitative estimate of drug-likeness (QED) is 0.736. The highest BCUT2D eigenvalue weighted by Crippen LogP contribution is 2.20. The molecule has 0 aliphatic carbocycles. The predicted molar refractivity (Wildman–Crippen MR) is 79.9 cm³/mol. The number of rotatable bonds is 4. The van der Waals surface area contributed by atoms with Crippen molar-refractivity contribution in [2.24, 2.45) is 10.1 Å². The SMILES string of the molecule is CCN=c1scc(-c2ccco2)n1/N=C/c1ccc[nH]1. The van der Waals surface area contributed by atoms with Crippen LogP contribution in [0.1, 0.15) is 12.6 Å². The Morgan fingerprint density at radius 3 is 3.05 bits per heavy atom. The number of hydrogen-bond acceptors (Lipinski definition) is 4. The van der Waals surface area contributed by atoms with Gasteiger partial charge < -0.3 is 9.40 Å². The van der Waals surface area contributed by atoms with Crippen molar-refractivity contribution in [1.82, 2.24) is 9.66 Å². The maximum absolute atomic E-state index is 5.45. The predicted octanol–water partition coefficient (Wildman–Crippen LogP) is 2.94. The van der Waals surface area contributed by atoms with Crippen LogP contribution in [0.25, 0.3) is 11.5 Å². The molecule has 5 nitrogen and oxygen atoms in total. The monoisotopic (exact) mass is 286 g/mol. The lowest BCUT2D eigenvalue weighted by Gasteiger charge is -1.99. The summed E-state index contributed by atoms with van der Waals surface area (Å²) in [5, 5.41) is 6.50. The van der Waals surface area contributed by atoms with E-state index in [4.69, 9.17) is 4.42 Å². The second-order valence-corrected chi connectivity index (χ2v) is 4.87. The Labute approximate surface area is 119 Å². The highest BCUT2D eigenvalue weighted by atomic mass is 32.1. The highest BCUT2D eigenvalue weighted by Gasteiger charge is 2.09. The molecule has 0 atom stereocenters. The summed E-state index contributed by atoms with van der Waals surface area (Å²) in [7, 11) is 0. The zero-order chi connectivity index (χ0) is 13.8. The van der Waals surface area contributed by atoms with Gasteiger partial charge in [-0.25, -0.2) is 4.68 Å². The minimum absolute atomic E-state index is 0.718.